The number of hydrogen-bond donors (Lipinski definition) is 1. The average molecular weight is 354 g/mol. The van der Waals surface area contributed by atoms with Gasteiger partial charge in [0.2, 0.25) is 5.91 Å². The van der Waals surface area contributed by atoms with Crippen LogP contribution in [0.5, 0.6) is 0 Å². The quantitative estimate of drug-likeness (QED) is 0.507. The number of para-hydroxylation sites is 1. The van der Waals surface area contributed by atoms with E-state index in [4.69, 9.17) is 0 Å². The standard InChI is InChI=1S/C17H14N4O3S/c22-16-15(10-13-8-4-5-9-14(13)21(23)24)25-17(19-16)20-18-11-12-6-2-1-3-7-12/h1-9,11,15H,10H2,(H,19,20,22). The number of nitrogens with zero attached hydrogens (tertiary/aromatic N) is 3. The van der Waals surface area contributed by atoms with Crippen LogP contribution in [0.1, 0.15) is 11.1 Å². The second-order valence-electron chi connectivity index (χ2n) is 5.25. The number of amidine groups is 1. The van der Waals surface area contributed by atoms with Crippen molar-refractivity contribution in [2.75, 3.05) is 0 Å². The number of amides is 1. The maximum Gasteiger partial charge on any atom is 0.272 e. The Kier molecular flexibility index (Phi) is 5.20. The van der Waals surface area contributed by atoms with Crippen LogP contribution in [0, 0.1) is 10.1 Å². The summed E-state index contributed by atoms with van der Waals surface area (Å²) in [6.07, 6.45) is 1.85. The SMILES string of the molecule is O=C1N/C(=N\N=Cc2ccccc2)SC1Cc1ccccc1[N+](=O)[O-]. The molecule has 3 rings (SSSR count). The molecule has 1 aliphatic rings. The van der Waals surface area contributed by atoms with Crippen molar-refractivity contribution >= 4 is 34.7 Å². The van der Waals surface area contributed by atoms with E-state index in [2.05, 4.69) is 15.5 Å². The molecule has 0 aliphatic carbocycles. The smallest absolute Gasteiger partial charge is 0.272 e. The van der Waals surface area contributed by atoms with Gasteiger partial charge in [-0.15, -0.1) is 5.10 Å². The highest BCUT2D eigenvalue weighted by Gasteiger charge is 2.32. The topological polar surface area (TPSA) is 97.0 Å². The summed E-state index contributed by atoms with van der Waals surface area (Å²) in [6, 6.07) is 15.9. The van der Waals surface area contributed by atoms with E-state index in [1.807, 2.05) is 30.3 Å². The minimum atomic E-state index is -0.466. The van der Waals surface area contributed by atoms with Gasteiger partial charge in [0.25, 0.3) is 5.69 Å². The Morgan fingerprint density at radius 3 is 2.64 bits per heavy atom. The summed E-state index contributed by atoms with van der Waals surface area (Å²) in [5.41, 5.74) is 1.44. The fourth-order valence-electron chi connectivity index (χ4n) is 2.33. The summed E-state index contributed by atoms with van der Waals surface area (Å²) in [5, 5.41) is 21.6. The first kappa shape index (κ1) is 16.8. The van der Waals surface area contributed by atoms with E-state index in [0.29, 0.717) is 10.7 Å². The van der Waals surface area contributed by atoms with Crippen molar-refractivity contribution in [2.45, 2.75) is 11.7 Å². The van der Waals surface area contributed by atoms with Gasteiger partial charge < -0.3 is 5.32 Å². The molecule has 2 aromatic carbocycles. The third kappa shape index (κ3) is 4.30. The van der Waals surface area contributed by atoms with Crippen LogP contribution < -0.4 is 5.32 Å². The zero-order valence-electron chi connectivity index (χ0n) is 13.0. The Morgan fingerprint density at radius 2 is 1.88 bits per heavy atom. The van der Waals surface area contributed by atoms with Crippen molar-refractivity contribution in [1.82, 2.24) is 5.32 Å². The first-order valence-electron chi connectivity index (χ1n) is 7.49. The highest BCUT2D eigenvalue weighted by atomic mass is 32.2. The summed E-state index contributed by atoms with van der Waals surface area (Å²) in [7, 11) is 0. The van der Waals surface area contributed by atoms with Crippen LogP contribution in [-0.2, 0) is 11.2 Å². The third-order valence-corrected chi connectivity index (χ3v) is 4.60. The van der Waals surface area contributed by atoms with Crippen molar-refractivity contribution in [3.63, 3.8) is 0 Å². The molecule has 0 saturated carbocycles. The van der Waals surface area contributed by atoms with E-state index in [1.54, 1.807) is 24.4 Å². The fraction of sp³-hybridized carbons (Fsp3) is 0.118. The zero-order chi connectivity index (χ0) is 17.6. The molecule has 25 heavy (non-hydrogen) atoms. The molecule has 1 heterocycles. The molecule has 1 atom stereocenters. The normalized spacial score (nSPS) is 18.6. The molecule has 1 saturated heterocycles. The lowest BCUT2D eigenvalue weighted by atomic mass is 10.1. The van der Waals surface area contributed by atoms with Crippen molar-refractivity contribution in [3.05, 3.63) is 75.8 Å². The average Bonchev–Trinajstić information content (AvgIpc) is 2.96. The second-order valence-corrected chi connectivity index (χ2v) is 6.44. The molecule has 1 aliphatic heterocycles. The molecule has 1 N–H and O–H groups in total. The molecule has 7 nitrogen and oxygen atoms in total. The largest absolute Gasteiger partial charge is 0.303 e. The number of carbonyl (C=O) groups is 1. The molecular formula is C17H14N4O3S. The number of nitro groups is 1. The zero-order valence-corrected chi connectivity index (χ0v) is 13.8. The minimum absolute atomic E-state index is 0.0170. The van der Waals surface area contributed by atoms with E-state index < -0.39 is 10.2 Å². The van der Waals surface area contributed by atoms with Crippen LogP contribution in [0.3, 0.4) is 0 Å². The van der Waals surface area contributed by atoms with Crippen LogP contribution in [0.15, 0.2) is 64.8 Å². The second kappa shape index (κ2) is 7.71. The van der Waals surface area contributed by atoms with Gasteiger partial charge in [-0.05, 0) is 5.56 Å². The lowest BCUT2D eigenvalue weighted by molar-refractivity contribution is -0.385. The van der Waals surface area contributed by atoms with Crippen LogP contribution in [0.25, 0.3) is 0 Å². The van der Waals surface area contributed by atoms with Gasteiger partial charge in [0.05, 0.1) is 16.4 Å². The third-order valence-electron chi connectivity index (χ3n) is 3.53. The van der Waals surface area contributed by atoms with Gasteiger partial charge >= 0.3 is 0 Å². The van der Waals surface area contributed by atoms with Crippen LogP contribution in [0.4, 0.5) is 5.69 Å². The highest BCUT2D eigenvalue weighted by molar-refractivity contribution is 8.15. The highest BCUT2D eigenvalue weighted by Crippen LogP contribution is 2.27. The predicted molar refractivity (Wildman–Crippen MR) is 97.8 cm³/mol. The minimum Gasteiger partial charge on any atom is -0.303 e. The molecule has 126 valence electrons. The molecular weight excluding hydrogens is 340 g/mol. The number of nitrogens with one attached hydrogen (secondary N) is 1. The molecule has 8 heteroatoms. The first-order valence-corrected chi connectivity index (χ1v) is 8.37. The van der Waals surface area contributed by atoms with Crippen molar-refractivity contribution < 1.29 is 9.72 Å². The number of hydrogen-bond acceptors (Lipinski definition) is 6. The van der Waals surface area contributed by atoms with Gasteiger partial charge in [0.1, 0.15) is 0 Å². The molecule has 0 aromatic heterocycles. The Hall–Kier alpha value is -3.00. The van der Waals surface area contributed by atoms with Gasteiger partial charge in [-0.1, -0.05) is 60.3 Å². The number of rotatable bonds is 5. The molecule has 1 fully saturated rings. The van der Waals surface area contributed by atoms with Crippen molar-refractivity contribution in [2.24, 2.45) is 10.2 Å². The predicted octanol–water partition coefficient (Wildman–Crippen LogP) is 2.76. The van der Waals surface area contributed by atoms with Gasteiger partial charge in [-0.3, -0.25) is 14.9 Å². The van der Waals surface area contributed by atoms with Crippen LogP contribution >= 0.6 is 11.8 Å². The Morgan fingerprint density at radius 1 is 1.16 bits per heavy atom. The van der Waals surface area contributed by atoms with E-state index in [-0.39, 0.29) is 18.0 Å². The van der Waals surface area contributed by atoms with E-state index >= 15 is 0 Å². The monoisotopic (exact) mass is 354 g/mol. The number of nitro benzene ring substituents is 1. The first-order chi connectivity index (χ1) is 12.1. The van der Waals surface area contributed by atoms with Crippen LogP contribution in [-0.4, -0.2) is 27.5 Å². The van der Waals surface area contributed by atoms with Crippen molar-refractivity contribution in [1.29, 1.82) is 0 Å². The number of thioether (sulfide) groups is 1. The molecule has 0 bridgehead atoms. The van der Waals surface area contributed by atoms with Gasteiger partial charge in [-0.25, -0.2) is 0 Å². The maximum atomic E-state index is 12.1. The van der Waals surface area contributed by atoms with E-state index in [0.717, 1.165) is 5.56 Å². The van der Waals surface area contributed by atoms with Gasteiger partial charge in [0, 0.05) is 18.1 Å². The Labute approximate surface area is 148 Å². The van der Waals surface area contributed by atoms with E-state index in [1.165, 1.54) is 17.8 Å². The number of benzene rings is 2. The lowest BCUT2D eigenvalue weighted by Gasteiger charge is -2.05. The summed E-state index contributed by atoms with van der Waals surface area (Å²) in [6.45, 7) is 0. The Balaban J connectivity index is 1.68. The fourth-order valence-corrected chi connectivity index (χ4v) is 3.29. The van der Waals surface area contributed by atoms with Gasteiger partial charge in [-0.2, -0.15) is 5.10 Å². The maximum absolute atomic E-state index is 12.1. The molecule has 0 radical (unpaired) electrons. The molecule has 2 aromatic rings. The summed E-state index contributed by atoms with van der Waals surface area (Å²) >= 11 is 1.22. The van der Waals surface area contributed by atoms with Crippen molar-refractivity contribution in [3.8, 4) is 0 Å². The van der Waals surface area contributed by atoms with Crippen LogP contribution in [0.2, 0.25) is 0 Å². The van der Waals surface area contributed by atoms with E-state index in [9.17, 15) is 14.9 Å². The summed E-state index contributed by atoms with van der Waals surface area (Å²) in [5.74, 6) is -0.225. The summed E-state index contributed by atoms with van der Waals surface area (Å²) in [4.78, 5) is 22.7. The molecule has 1 unspecified atom stereocenters. The lowest BCUT2D eigenvalue weighted by Crippen LogP contribution is -2.26. The summed E-state index contributed by atoms with van der Waals surface area (Å²) < 4.78 is 0. The Bertz CT molecular complexity index is 852. The molecule has 0 spiro atoms. The molecule has 1 amide bonds. The number of carbonyl (C=O) groups excluding carboxylic acids is 1. The van der Waals surface area contributed by atoms with Gasteiger partial charge in [0.15, 0.2) is 5.17 Å².